The molecule has 0 aromatic carbocycles. The van der Waals surface area contributed by atoms with Gasteiger partial charge in [0.2, 0.25) is 0 Å². The number of allylic oxidation sites excluding steroid dienone is 2. The number of fused-ring (bicyclic) bond motifs is 2. The van der Waals surface area contributed by atoms with Gasteiger partial charge in [0.15, 0.2) is 5.75 Å². The largest absolute Gasteiger partial charge is 0.482 e. The maximum absolute atomic E-state index is 12.0. The number of pyridine rings is 2. The standard InChI is InChI=1S/C31H37N5O3.H2/c1-4-5-28(37)36-10-7-22(8-11-36)16-23-17-24(18-23)25-19-26-30(20(2)33-25)39-21(3)29-27(6-9-32-31(29)34-26)35-12-14-38-15-13-35;/h6,9,16,19,21-22,24H,7-8,10-15,17-18H2,1-3H3,(H,32,34);1H/t21-,24?;/m1./s1. The van der Waals surface area contributed by atoms with Crippen molar-refractivity contribution in [2.45, 2.75) is 58.5 Å². The molecule has 5 heterocycles. The van der Waals surface area contributed by atoms with Crippen LogP contribution in [0.3, 0.4) is 0 Å². The van der Waals surface area contributed by atoms with E-state index in [2.05, 4.69) is 47.2 Å². The molecule has 0 radical (unpaired) electrons. The molecule has 3 aliphatic heterocycles. The quantitative estimate of drug-likeness (QED) is 0.436. The van der Waals surface area contributed by atoms with Crippen LogP contribution in [0, 0.1) is 24.7 Å². The second-order valence-electron chi connectivity index (χ2n) is 11.0. The highest BCUT2D eigenvalue weighted by Crippen LogP contribution is 2.47. The Morgan fingerprint density at radius 3 is 2.72 bits per heavy atom. The van der Waals surface area contributed by atoms with E-state index in [1.54, 1.807) is 6.92 Å². The molecule has 1 saturated carbocycles. The van der Waals surface area contributed by atoms with Gasteiger partial charge in [-0.05, 0) is 70.4 Å². The Morgan fingerprint density at radius 2 is 1.97 bits per heavy atom. The summed E-state index contributed by atoms with van der Waals surface area (Å²) in [6.45, 7) is 10.6. The number of ether oxygens (including phenoxy) is 2. The number of hydrogen-bond acceptors (Lipinski definition) is 7. The third kappa shape index (κ3) is 5.20. The van der Waals surface area contributed by atoms with E-state index in [0.29, 0.717) is 11.8 Å². The number of rotatable bonds is 3. The molecule has 2 aromatic rings. The summed E-state index contributed by atoms with van der Waals surface area (Å²) in [5, 5.41) is 3.61. The number of hydrogen-bond donors (Lipinski definition) is 1. The molecule has 8 nitrogen and oxygen atoms in total. The van der Waals surface area contributed by atoms with Crippen molar-refractivity contribution < 1.29 is 15.7 Å². The number of aromatic nitrogens is 2. The van der Waals surface area contributed by atoms with Crippen LogP contribution in [-0.2, 0) is 9.53 Å². The van der Waals surface area contributed by atoms with Gasteiger partial charge in [0.1, 0.15) is 11.9 Å². The van der Waals surface area contributed by atoms with Gasteiger partial charge in [-0.3, -0.25) is 9.78 Å². The van der Waals surface area contributed by atoms with Crippen molar-refractivity contribution in [1.29, 1.82) is 0 Å². The van der Waals surface area contributed by atoms with Crippen molar-refractivity contribution in [3.63, 3.8) is 0 Å². The van der Waals surface area contributed by atoms with Gasteiger partial charge < -0.3 is 24.6 Å². The molecular formula is C31H39N5O3. The second-order valence-corrected chi connectivity index (χ2v) is 11.0. The van der Waals surface area contributed by atoms with Crippen molar-refractivity contribution in [3.05, 3.63) is 46.9 Å². The first-order chi connectivity index (χ1) is 19.0. The van der Waals surface area contributed by atoms with E-state index in [1.807, 2.05) is 18.0 Å². The van der Waals surface area contributed by atoms with Gasteiger partial charge in [-0.25, -0.2) is 4.98 Å². The first-order valence-corrected chi connectivity index (χ1v) is 14.2. The minimum atomic E-state index is -0.152. The van der Waals surface area contributed by atoms with Gasteiger partial charge in [-0.2, -0.15) is 0 Å². The van der Waals surface area contributed by atoms with Crippen LogP contribution in [0.25, 0.3) is 0 Å². The SMILES string of the molecule is CC#CC(=O)N1CCC(C=C2CC(c3cc4c(c(C)n3)O[C@H](C)c3c(N5CCOCC5)ccnc3N4)C2)CC1.[HH]. The van der Waals surface area contributed by atoms with Gasteiger partial charge in [0.05, 0.1) is 30.2 Å². The third-order valence-electron chi connectivity index (χ3n) is 8.40. The summed E-state index contributed by atoms with van der Waals surface area (Å²) >= 11 is 0. The van der Waals surface area contributed by atoms with Gasteiger partial charge in [0, 0.05) is 51.1 Å². The summed E-state index contributed by atoms with van der Waals surface area (Å²) in [7, 11) is 0. The van der Waals surface area contributed by atoms with Gasteiger partial charge in [-0.15, -0.1) is 0 Å². The normalized spacial score (nSPS) is 22.7. The molecule has 4 aliphatic rings. The Labute approximate surface area is 232 Å². The smallest absolute Gasteiger partial charge is 0.298 e. The number of nitrogens with zero attached hydrogens (tertiary/aromatic N) is 4. The number of nitrogens with one attached hydrogen (secondary N) is 1. The average molecular weight is 530 g/mol. The summed E-state index contributed by atoms with van der Waals surface area (Å²) in [6.07, 6.45) is 8.29. The number of carbonyl (C=O) groups is 1. The molecule has 1 aliphatic carbocycles. The lowest BCUT2D eigenvalue weighted by atomic mass is 9.75. The first kappa shape index (κ1) is 25.7. The molecule has 1 atom stereocenters. The zero-order valence-corrected chi connectivity index (χ0v) is 23.1. The fraction of sp³-hybridized carbons (Fsp3) is 0.516. The summed E-state index contributed by atoms with van der Waals surface area (Å²) < 4.78 is 12.1. The lowest BCUT2D eigenvalue weighted by molar-refractivity contribution is -0.126. The highest BCUT2D eigenvalue weighted by Gasteiger charge is 2.32. The first-order valence-electron chi connectivity index (χ1n) is 14.2. The molecule has 0 spiro atoms. The van der Waals surface area contributed by atoms with Crippen LogP contribution in [-0.4, -0.2) is 60.2 Å². The van der Waals surface area contributed by atoms with E-state index >= 15 is 0 Å². The minimum Gasteiger partial charge on any atom is -0.482 e. The minimum absolute atomic E-state index is 0. The third-order valence-corrected chi connectivity index (χ3v) is 8.40. The van der Waals surface area contributed by atoms with Crippen LogP contribution in [0.5, 0.6) is 5.75 Å². The molecule has 1 amide bonds. The van der Waals surface area contributed by atoms with Crippen molar-refractivity contribution in [3.8, 4) is 17.6 Å². The van der Waals surface area contributed by atoms with Crippen LogP contribution in [0.1, 0.15) is 69.9 Å². The fourth-order valence-corrected chi connectivity index (χ4v) is 6.25. The van der Waals surface area contributed by atoms with E-state index < -0.39 is 0 Å². The van der Waals surface area contributed by atoms with Crippen LogP contribution in [0.4, 0.5) is 17.2 Å². The summed E-state index contributed by atoms with van der Waals surface area (Å²) in [4.78, 5) is 26.0. The van der Waals surface area contributed by atoms with Crippen LogP contribution in [0.15, 0.2) is 30.0 Å². The Hall–Kier alpha value is -3.57. The molecule has 0 unspecified atom stereocenters. The molecular weight excluding hydrogens is 490 g/mol. The van der Waals surface area contributed by atoms with Gasteiger partial charge in [-0.1, -0.05) is 17.6 Å². The number of piperidine rings is 1. The van der Waals surface area contributed by atoms with Crippen molar-refractivity contribution in [2.24, 2.45) is 5.92 Å². The molecule has 8 heteroatoms. The van der Waals surface area contributed by atoms with Crippen LogP contribution < -0.4 is 15.0 Å². The molecule has 2 saturated heterocycles. The molecule has 6 rings (SSSR count). The van der Waals surface area contributed by atoms with Crippen LogP contribution >= 0.6 is 0 Å². The fourth-order valence-electron chi connectivity index (χ4n) is 6.25. The molecule has 2 aromatic heterocycles. The number of morpholine rings is 1. The Balaban J connectivity index is 0.00000323. The summed E-state index contributed by atoms with van der Waals surface area (Å²) in [6, 6.07) is 4.25. The van der Waals surface area contributed by atoms with Gasteiger partial charge in [0.25, 0.3) is 5.91 Å². The van der Waals surface area contributed by atoms with Crippen molar-refractivity contribution >= 4 is 23.1 Å². The zero-order valence-electron chi connectivity index (χ0n) is 23.1. The summed E-state index contributed by atoms with van der Waals surface area (Å²) in [5.41, 5.74) is 6.71. The predicted octanol–water partition coefficient (Wildman–Crippen LogP) is 5.13. The molecule has 39 heavy (non-hydrogen) atoms. The molecule has 3 fully saturated rings. The van der Waals surface area contributed by atoms with Crippen molar-refractivity contribution in [2.75, 3.05) is 49.6 Å². The monoisotopic (exact) mass is 529 g/mol. The van der Waals surface area contributed by atoms with E-state index in [4.69, 9.17) is 19.4 Å². The Bertz CT molecular complexity index is 1340. The van der Waals surface area contributed by atoms with Crippen LogP contribution in [0.2, 0.25) is 0 Å². The Kier molecular flexibility index (Phi) is 7.18. The maximum atomic E-state index is 12.0. The van der Waals surface area contributed by atoms with E-state index in [-0.39, 0.29) is 13.4 Å². The highest BCUT2D eigenvalue weighted by atomic mass is 16.5. The topological polar surface area (TPSA) is 79.8 Å². The summed E-state index contributed by atoms with van der Waals surface area (Å²) in [5.74, 6) is 7.95. The van der Waals surface area contributed by atoms with Gasteiger partial charge >= 0.3 is 0 Å². The van der Waals surface area contributed by atoms with E-state index in [1.165, 1.54) is 5.57 Å². The highest BCUT2D eigenvalue weighted by molar-refractivity contribution is 5.93. The second kappa shape index (κ2) is 10.9. The zero-order chi connectivity index (χ0) is 26.9. The number of carbonyl (C=O) groups excluding carboxylic acids is 1. The lowest BCUT2D eigenvalue weighted by Gasteiger charge is -2.33. The lowest BCUT2D eigenvalue weighted by Crippen LogP contribution is -2.37. The number of anilines is 3. The predicted molar refractivity (Wildman–Crippen MR) is 153 cm³/mol. The van der Waals surface area contributed by atoms with Crippen molar-refractivity contribution in [1.82, 2.24) is 14.9 Å². The average Bonchev–Trinajstić information content (AvgIpc) is 3.07. The van der Waals surface area contributed by atoms with E-state index in [9.17, 15) is 4.79 Å². The molecule has 1 N–H and O–H groups in total. The maximum Gasteiger partial charge on any atom is 0.298 e. The molecule has 0 bridgehead atoms. The van der Waals surface area contributed by atoms with E-state index in [0.717, 1.165) is 105 Å². The Morgan fingerprint density at radius 1 is 1.21 bits per heavy atom. The number of amides is 1. The number of aryl methyl sites for hydroxylation is 1. The molecule has 206 valence electrons. The number of likely N-dealkylation sites (tertiary alicyclic amines) is 1.